The van der Waals surface area contributed by atoms with Crippen LogP contribution < -0.4 is 14.8 Å². The van der Waals surface area contributed by atoms with E-state index in [2.05, 4.69) is 54.6 Å². The van der Waals surface area contributed by atoms with Crippen LogP contribution in [0.25, 0.3) is 16.8 Å². The summed E-state index contributed by atoms with van der Waals surface area (Å²) in [5, 5.41) is 7.82. The number of benzene rings is 2. The number of rotatable bonds is 6. The number of ether oxygens (including phenoxy) is 2. The van der Waals surface area contributed by atoms with Crippen molar-refractivity contribution in [3.8, 4) is 22.6 Å². The molecule has 0 fully saturated rings. The molecule has 4 rings (SSSR count). The van der Waals surface area contributed by atoms with Crippen molar-refractivity contribution in [3.05, 3.63) is 66.0 Å². The van der Waals surface area contributed by atoms with Crippen molar-refractivity contribution >= 4 is 17.2 Å². The molecule has 0 aliphatic rings. The van der Waals surface area contributed by atoms with Crippen molar-refractivity contribution in [1.82, 2.24) is 14.6 Å². The van der Waals surface area contributed by atoms with E-state index in [-0.39, 0.29) is 0 Å². The molecule has 1 N–H and O–H groups in total. The smallest absolute Gasteiger partial charge is 0.165 e. The Labute approximate surface area is 170 Å². The molecule has 4 aromatic rings. The first kappa shape index (κ1) is 18.8. The topological polar surface area (TPSA) is 60.7 Å². The molecule has 0 spiro atoms. The first-order valence-corrected chi connectivity index (χ1v) is 9.56. The fraction of sp³-hybridized carbons (Fsp3) is 0.217. The average Bonchev–Trinajstić information content (AvgIpc) is 3.16. The SMILES string of the molecule is CCc1cc(Nc2ccn3ncc(-c4ccc(C)cc4)c3n2)cc(OC)c1OC. The highest BCUT2D eigenvalue weighted by molar-refractivity contribution is 5.78. The molecular formula is C23H24N4O2. The van der Waals surface area contributed by atoms with Gasteiger partial charge in [-0.15, -0.1) is 0 Å². The van der Waals surface area contributed by atoms with Crippen molar-refractivity contribution in [3.63, 3.8) is 0 Å². The number of methoxy groups -OCH3 is 2. The number of aromatic nitrogens is 3. The Balaban J connectivity index is 1.72. The summed E-state index contributed by atoms with van der Waals surface area (Å²) in [6, 6.07) is 14.3. The Morgan fingerprint density at radius 2 is 1.83 bits per heavy atom. The lowest BCUT2D eigenvalue weighted by Gasteiger charge is -2.15. The second kappa shape index (κ2) is 7.83. The minimum absolute atomic E-state index is 0.695. The average molecular weight is 388 g/mol. The van der Waals surface area contributed by atoms with Crippen molar-refractivity contribution in [2.24, 2.45) is 0 Å². The highest BCUT2D eigenvalue weighted by Gasteiger charge is 2.13. The van der Waals surface area contributed by atoms with E-state index in [4.69, 9.17) is 14.5 Å². The molecule has 0 amide bonds. The zero-order valence-electron chi connectivity index (χ0n) is 17.1. The van der Waals surface area contributed by atoms with Crippen LogP contribution in [-0.2, 0) is 6.42 Å². The van der Waals surface area contributed by atoms with Crippen LogP contribution >= 0.6 is 0 Å². The quantitative estimate of drug-likeness (QED) is 0.502. The molecule has 0 atom stereocenters. The van der Waals surface area contributed by atoms with Gasteiger partial charge in [0.1, 0.15) is 5.82 Å². The van der Waals surface area contributed by atoms with Gasteiger partial charge in [0.2, 0.25) is 0 Å². The number of nitrogens with one attached hydrogen (secondary N) is 1. The fourth-order valence-electron chi connectivity index (χ4n) is 3.40. The Hall–Kier alpha value is -3.54. The predicted molar refractivity (Wildman–Crippen MR) is 115 cm³/mol. The van der Waals surface area contributed by atoms with Crippen LogP contribution in [0.2, 0.25) is 0 Å². The van der Waals surface area contributed by atoms with Gasteiger partial charge in [0.15, 0.2) is 17.1 Å². The second-order valence-electron chi connectivity index (χ2n) is 6.85. The number of hydrogen-bond donors (Lipinski definition) is 1. The number of hydrogen-bond acceptors (Lipinski definition) is 5. The van der Waals surface area contributed by atoms with Crippen molar-refractivity contribution in [1.29, 1.82) is 0 Å². The first-order valence-electron chi connectivity index (χ1n) is 9.56. The van der Waals surface area contributed by atoms with Gasteiger partial charge in [-0.1, -0.05) is 36.8 Å². The third-order valence-electron chi connectivity index (χ3n) is 4.94. The maximum Gasteiger partial charge on any atom is 0.165 e. The zero-order valence-corrected chi connectivity index (χ0v) is 17.1. The zero-order chi connectivity index (χ0) is 20.4. The normalized spacial score (nSPS) is 10.9. The van der Waals surface area contributed by atoms with Crippen molar-refractivity contribution in [2.45, 2.75) is 20.3 Å². The van der Waals surface area contributed by atoms with Crippen LogP contribution in [0.5, 0.6) is 11.5 Å². The van der Waals surface area contributed by atoms with Gasteiger partial charge in [-0.2, -0.15) is 5.10 Å². The van der Waals surface area contributed by atoms with Crippen LogP contribution in [0.3, 0.4) is 0 Å². The molecule has 29 heavy (non-hydrogen) atoms. The number of nitrogens with zero attached hydrogens (tertiary/aromatic N) is 3. The van der Waals surface area contributed by atoms with Gasteiger partial charge in [-0.3, -0.25) is 0 Å². The summed E-state index contributed by atoms with van der Waals surface area (Å²) >= 11 is 0. The summed E-state index contributed by atoms with van der Waals surface area (Å²) in [4.78, 5) is 4.80. The molecule has 0 saturated carbocycles. The largest absolute Gasteiger partial charge is 0.493 e. The predicted octanol–water partition coefficient (Wildman–Crippen LogP) is 5.03. The van der Waals surface area contributed by atoms with Gasteiger partial charge in [0, 0.05) is 23.5 Å². The van der Waals surface area contributed by atoms with Gasteiger partial charge < -0.3 is 14.8 Å². The van der Waals surface area contributed by atoms with Crippen LogP contribution in [0.1, 0.15) is 18.1 Å². The summed E-state index contributed by atoms with van der Waals surface area (Å²) in [5.74, 6) is 2.20. The number of aryl methyl sites for hydroxylation is 2. The van der Waals surface area contributed by atoms with E-state index in [1.165, 1.54) is 5.56 Å². The van der Waals surface area contributed by atoms with E-state index in [0.29, 0.717) is 5.75 Å². The van der Waals surface area contributed by atoms with E-state index in [1.807, 2.05) is 24.5 Å². The molecular weight excluding hydrogens is 364 g/mol. The van der Waals surface area contributed by atoms with Gasteiger partial charge in [0.25, 0.3) is 0 Å². The van der Waals surface area contributed by atoms with E-state index < -0.39 is 0 Å². The molecule has 6 heteroatoms. The highest BCUT2D eigenvalue weighted by atomic mass is 16.5. The summed E-state index contributed by atoms with van der Waals surface area (Å²) < 4.78 is 12.8. The van der Waals surface area contributed by atoms with Crippen molar-refractivity contribution in [2.75, 3.05) is 19.5 Å². The second-order valence-corrected chi connectivity index (χ2v) is 6.85. The fourth-order valence-corrected chi connectivity index (χ4v) is 3.40. The van der Waals surface area contributed by atoms with Crippen LogP contribution in [0.4, 0.5) is 11.5 Å². The van der Waals surface area contributed by atoms with Gasteiger partial charge in [-0.05, 0) is 36.6 Å². The molecule has 0 saturated heterocycles. The van der Waals surface area contributed by atoms with E-state index >= 15 is 0 Å². The lowest BCUT2D eigenvalue weighted by Crippen LogP contribution is -2.00. The van der Waals surface area contributed by atoms with Crippen LogP contribution in [0, 0.1) is 6.92 Å². The molecule has 2 aromatic carbocycles. The first-order chi connectivity index (χ1) is 14.1. The summed E-state index contributed by atoms with van der Waals surface area (Å²) in [6.45, 7) is 4.17. The maximum atomic E-state index is 5.50. The number of fused-ring (bicyclic) bond motifs is 1. The van der Waals surface area contributed by atoms with E-state index in [1.54, 1.807) is 18.7 Å². The molecule has 2 heterocycles. The Morgan fingerprint density at radius 3 is 2.52 bits per heavy atom. The summed E-state index contributed by atoms with van der Waals surface area (Å²) in [6.07, 6.45) is 4.59. The standard InChI is InChI=1S/C23H24N4O2/c1-5-16-12-18(13-20(28-3)22(16)29-4)25-21-10-11-27-23(26-21)19(14-24-27)17-8-6-15(2)7-9-17/h6-14H,5H2,1-4H3,(H,25,26). The molecule has 0 aliphatic carbocycles. The van der Waals surface area contributed by atoms with Crippen molar-refractivity contribution < 1.29 is 9.47 Å². The third kappa shape index (κ3) is 3.61. The van der Waals surface area contributed by atoms with Gasteiger partial charge >= 0.3 is 0 Å². The molecule has 0 radical (unpaired) electrons. The van der Waals surface area contributed by atoms with Crippen LogP contribution in [-0.4, -0.2) is 28.8 Å². The van der Waals surface area contributed by atoms with Gasteiger partial charge in [0.05, 0.1) is 20.4 Å². The molecule has 148 valence electrons. The molecule has 0 bridgehead atoms. The molecule has 6 nitrogen and oxygen atoms in total. The summed E-state index contributed by atoms with van der Waals surface area (Å²) in [5.41, 5.74) is 6.08. The van der Waals surface area contributed by atoms with Crippen LogP contribution in [0.15, 0.2) is 54.9 Å². The van der Waals surface area contributed by atoms with E-state index in [0.717, 1.165) is 46.0 Å². The number of anilines is 2. The Bertz CT molecular complexity index is 1120. The lowest BCUT2D eigenvalue weighted by atomic mass is 10.1. The van der Waals surface area contributed by atoms with E-state index in [9.17, 15) is 0 Å². The minimum atomic E-state index is 0.695. The molecule has 0 unspecified atom stereocenters. The van der Waals surface area contributed by atoms with Gasteiger partial charge in [-0.25, -0.2) is 9.50 Å². The lowest BCUT2D eigenvalue weighted by molar-refractivity contribution is 0.352. The highest BCUT2D eigenvalue weighted by Crippen LogP contribution is 2.36. The molecule has 2 aromatic heterocycles. The third-order valence-corrected chi connectivity index (χ3v) is 4.94. The Morgan fingerprint density at radius 1 is 1.03 bits per heavy atom. The summed E-state index contributed by atoms with van der Waals surface area (Å²) in [7, 11) is 3.30. The minimum Gasteiger partial charge on any atom is -0.493 e. The monoisotopic (exact) mass is 388 g/mol. The Kier molecular flexibility index (Phi) is 5.08. The molecule has 0 aliphatic heterocycles. The maximum absolute atomic E-state index is 5.50.